The summed E-state index contributed by atoms with van der Waals surface area (Å²) in [7, 11) is 1.52. The van der Waals surface area contributed by atoms with E-state index in [1.807, 2.05) is 0 Å². The lowest BCUT2D eigenvalue weighted by atomic mass is 10.1. The van der Waals surface area contributed by atoms with E-state index in [-0.39, 0.29) is 17.1 Å². The summed E-state index contributed by atoms with van der Waals surface area (Å²) < 4.78 is 5.82. The molecule has 0 saturated heterocycles. The number of methoxy groups -OCH3 is 1. The van der Waals surface area contributed by atoms with Crippen molar-refractivity contribution in [3.63, 3.8) is 0 Å². The molecule has 1 amide bonds. The van der Waals surface area contributed by atoms with Crippen molar-refractivity contribution in [3.05, 3.63) is 46.4 Å². The van der Waals surface area contributed by atoms with Crippen LogP contribution in [0.15, 0.2) is 40.9 Å². The highest BCUT2D eigenvalue weighted by molar-refractivity contribution is 9.10. The molecule has 2 aromatic rings. The smallest absolute Gasteiger partial charge is 0.263 e. The Kier molecular flexibility index (Phi) is 4.14. The van der Waals surface area contributed by atoms with E-state index in [0.29, 0.717) is 11.4 Å². The number of rotatable bonds is 3. The lowest BCUT2D eigenvalue weighted by Crippen LogP contribution is -2.12. The Morgan fingerprint density at radius 2 is 1.85 bits per heavy atom. The molecule has 0 aromatic heterocycles. The van der Waals surface area contributed by atoms with Crippen LogP contribution in [-0.2, 0) is 0 Å². The first-order valence-electron chi connectivity index (χ1n) is 5.68. The van der Waals surface area contributed by atoms with Gasteiger partial charge in [-0.1, -0.05) is 22.0 Å². The van der Waals surface area contributed by atoms with Crippen LogP contribution in [0.3, 0.4) is 0 Å². The highest BCUT2D eigenvalue weighted by Crippen LogP contribution is 2.29. The highest BCUT2D eigenvalue weighted by Gasteiger charge is 2.16. The topological polar surface area (TPSA) is 78.8 Å². The maximum Gasteiger partial charge on any atom is 0.263 e. The molecule has 2 aromatic carbocycles. The van der Waals surface area contributed by atoms with Crippen LogP contribution in [-0.4, -0.2) is 23.2 Å². The molecule has 0 saturated carbocycles. The van der Waals surface area contributed by atoms with Crippen LogP contribution >= 0.6 is 15.9 Å². The highest BCUT2D eigenvalue weighted by atomic mass is 79.9. The molecule has 0 radical (unpaired) electrons. The second-order valence-electron chi connectivity index (χ2n) is 4.01. The zero-order valence-electron chi connectivity index (χ0n) is 10.6. The average molecular weight is 338 g/mol. The number of phenols is 2. The van der Waals surface area contributed by atoms with Gasteiger partial charge in [-0.3, -0.25) is 4.79 Å². The quantitative estimate of drug-likeness (QED) is 0.803. The number of carbonyl (C=O) groups excluding carboxylic acids is 1. The minimum Gasteiger partial charge on any atom is -0.507 e. The van der Waals surface area contributed by atoms with E-state index in [1.54, 1.807) is 18.2 Å². The molecule has 2 rings (SSSR count). The van der Waals surface area contributed by atoms with Gasteiger partial charge in [0.1, 0.15) is 22.8 Å². The fourth-order valence-electron chi connectivity index (χ4n) is 1.71. The van der Waals surface area contributed by atoms with E-state index < -0.39 is 5.91 Å². The number of benzene rings is 2. The fourth-order valence-corrected chi connectivity index (χ4v) is 2.18. The molecule has 0 fully saturated rings. The Hall–Kier alpha value is -2.21. The van der Waals surface area contributed by atoms with Gasteiger partial charge in [-0.25, -0.2) is 0 Å². The minimum absolute atomic E-state index is 0.175. The standard InChI is InChI=1S/C14H12BrNO4/c1-20-10-6-8(15)5-9(7-10)16-14(19)13-11(17)3-2-4-12(13)18/h2-7,17-18H,1H3,(H,16,19). The van der Waals surface area contributed by atoms with Crippen molar-refractivity contribution in [2.75, 3.05) is 12.4 Å². The van der Waals surface area contributed by atoms with Crippen molar-refractivity contribution in [1.82, 2.24) is 0 Å². The van der Waals surface area contributed by atoms with Crippen LogP contribution in [0.1, 0.15) is 10.4 Å². The zero-order valence-corrected chi connectivity index (χ0v) is 12.1. The molecule has 3 N–H and O–H groups in total. The van der Waals surface area contributed by atoms with Crippen LogP contribution in [0.25, 0.3) is 0 Å². The number of aromatic hydroxyl groups is 2. The fraction of sp³-hybridized carbons (Fsp3) is 0.0714. The molecule has 0 heterocycles. The van der Waals surface area contributed by atoms with Crippen LogP contribution in [0.4, 0.5) is 5.69 Å². The minimum atomic E-state index is -0.610. The summed E-state index contributed by atoms with van der Waals surface area (Å²) in [6, 6.07) is 9.15. The first-order valence-corrected chi connectivity index (χ1v) is 6.47. The Morgan fingerprint density at radius 1 is 1.20 bits per heavy atom. The average Bonchev–Trinajstić information content (AvgIpc) is 2.37. The summed E-state index contributed by atoms with van der Waals surface area (Å²) in [6.45, 7) is 0. The molecule has 0 bridgehead atoms. The van der Waals surface area contributed by atoms with E-state index in [9.17, 15) is 15.0 Å². The zero-order chi connectivity index (χ0) is 14.7. The number of carbonyl (C=O) groups is 1. The number of ether oxygens (including phenoxy) is 1. The number of amides is 1. The van der Waals surface area contributed by atoms with E-state index in [0.717, 1.165) is 4.47 Å². The van der Waals surface area contributed by atoms with Gasteiger partial charge in [-0.15, -0.1) is 0 Å². The largest absolute Gasteiger partial charge is 0.507 e. The summed E-state index contributed by atoms with van der Waals surface area (Å²) in [5, 5.41) is 21.9. The predicted molar refractivity (Wildman–Crippen MR) is 78.4 cm³/mol. The van der Waals surface area contributed by atoms with Crippen LogP contribution in [0.5, 0.6) is 17.2 Å². The molecule has 0 spiro atoms. The summed E-state index contributed by atoms with van der Waals surface area (Å²) in [5.74, 6) is -0.620. The van der Waals surface area contributed by atoms with Crippen molar-refractivity contribution < 1.29 is 19.7 Å². The van der Waals surface area contributed by atoms with Gasteiger partial charge in [0.05, 0.1) is 7.11 Å². The molecule has 0 atom stereocenters. The molecular weight excluding hydrogens is 326 g/mol. The number of phenolic OH excluding ortho intramolecular Hbond substituents is 2. The maximum absolute atomic E-state index is 12.1. The van der Waals surface area contributed by atoms with Crippen molar-refractivity contribution in [3.8, 4) is 17.2 Å². The first kappa shape index (κ1) is 14.2. The SMILES string of the molecule is COc1cc(Br)cc(NC(=O)c2c(O)cccc2O)c1. The van der Waals surface area contributed by atoms with E-state index in [2.05, 4.69) is 21.2 Å². The third-order valence-corrected chi connectivity index (χ3v) is 3.07. The number of hydrogen-bond acceptors (Lipinski definition) is 4. The van der Waals surface area contributed by atoms with Crippen molar-refractivity contribution in [2.45, 2.75) is 0 Å². The van der Waals surface area contributed by atoms with Gasteiger partial charge in [0.15, 0.2) is 0 Å². The molecule has 0 aliphatic rings. The lowest BCUT2D eigenvalue weighted by Gasteiger charge is -2.10. The van der Waals surface area contributed by atoms with Gasteiger partial charge in [0.2, 0.25) is 0 Å². The molecule has 0 aliphatic carbocycles. The molecular formula is C14H12BrNO4. The van der Waals surface area contributed by atoms with Crippen molar-refractivity contribution in [1.29, 1.82) is 0 Å². The Morgan fingerprint density at radius 3 is 2.45 bits per heavy atom. The van der Waals surface area contributed by atoms with Gasteiger partial charge >= 0.3 is 0 Å². The van der Waals surface area contributed by atoms with E-state index in [4.69, 9.17) is 4.74 Å². The molecule has 104 valence electrons. The van der Waals surface area contributed by atoms with Crippen molar-refractivity contribution in [2.24, 2.45) is 0 Å². The Balaban J connectivity index is 2.30. The third-order valence-electron chi connectivity index (χ3n) is 2.61. The molecule has 0 unspecified atom stereocenters. The first-order chi connectivity index (χ1) is 9.51. The molecule has 6 heteroatoms. The predicted octanol–water partition coefficient (Wildman–Crippen LogP) is 3.12. The van der Waals surface area contributed by atoms with E-state index >= 15 is 0 Å². The lowest BCUT2D eigenvalue weighted by molar-refractivity contribution is 0.102. The monoisotopic (exact) mass is 337 g/mol. The second-order valence-corrected chi connectivity index (χ2v) is 4.92. The molecule has 0 aliphatic heterocycles. The third kappa shape index (κ3) is 3.03. The Labute approximate surface area is 123 Å². The van der Waals surface area contributed by atoms with Crippen LogP contribution in [0.2, 0.25) is 0 Å². The van der Waals surface area contributed by atoms with Gasteiger partial charge in [-0.2, -0.15) is 0 Å². The van der Waals surface area contributed by atoms with Crippen molar-refractivity contribution >= 4 is 27.5 Å². The summed E-state index contributed by atoms with van der Waals surface area (Å²) in [5.41, 5.74) is 0.301. The summed E-state index contributed by atoms with van der Waals surface area (Å²) >= 11 is 3.30. The van der Waals surface area contributed by atoms with Crippen LogP contribution in [0, 0.1) is 0 Å². The van der Waals surface area contributed by atoms with Gasteiger partial charge < -0.3 is 20.3 Å². The number of hydrogen-bond donors (Lipinski definition) is 3. The summed E-state index contributed by atoms with van der Waals surface area (Å²) in [6.07, 6.45) is 0. The maximum atomic E-state index is 12.1. The number of nitrogens with one attached hydrogen (secondary N) is 1. The van der Waals surface area contributed by atoms with E-state index in [1.165, 1.54) is 25.3 Å². The van der Waals surface area contributed by atoms with Gasteiger partial charge in [0, 0.05) is 16.2 Å². The number of anilines is 1. The van der Waals surface area contributed by atoms with Gasteiger partial charge in [-0.05, 0) is 24.3 Å². The molecule has 20 heavy (non-hydrogen) atoms. The number of halogens is 1. The molecule has 5 nitrogen and oxygen atoms in total. The summed E-state index contributed by atoms with van der Waals surface area (Å²) in [4.78, 5) is 12.1. The van der Waals surface area contributed by atoms with Gasteiger partial charge in [0.25, 0.3) is 5.91 Å². The Bertz CT molecular complexity index is 637. The second kappa shape index (κ2) is 5.83. The van der Waals surface area contributed by atoms with Crippen LogP contribution < -0.4 is 10.1 Å². The normalized spacial score (nSPS) is 10.1.